The molecule has 0 aliphatic heterocycles. The highest BCUT2D eigenvalue weighted by Gasteiger charge is 2.21. The van der Waals surface area contributed by atoms with Crippen LogP contribution in [0.5, 0.6) is 0 Å². The van der Waals surface area contributed by atoms with Crippen molar-refractivity contribution in [2.24, 2.45) is 5.92 Å². The van der Waals surface area contributed by atoms with E-state index in [1.165, 1.54) is 17.7 Å². The summed E-state index contributed by atoms with van der Waals surface area (Å²) in [6.45, 7) is 6.21. The third kappa shape index (κ3) is 3.51. The number of hydrogen-bond acceptors (Lipinski definition) is 7. The number of benzene rings is 1. The smallest absolute Gasteiger partial charge is 0.348 e. The summed E-state index contributed by atoms with van der Waals surface area (Å²) in [6, 6.07) is 9.34. The van der Waals surface area contributed by atoms with Crippen LogP contribution in [0.4, 0.5) is 11.5 Å². The summed E-state index contributed by atoms with van der Waals surface area (Å²) in [5.41, 5.74) is 1.95. The van der Waals surface area contributed by atoms with E-state index in [1.54, 1.807) is 12.1 Å². The fraction of sp³-hybridized carbons (Fsp3) is 0.263. The SMILES string of the molecule is Cc1c(C(=O)OCC(C)C)sc2ncnc(Nc3ccccc3C#N)c12. The van der Waals surface area contributed by atoms with Crippen molar-refractivity contribution in [3.63, 3.8) is 0 Å². The number of nitrogens with zero attached hydrogens (tertiary/aromatic N) is 3. The summed E-state index contributed by atoms with van der Waals surface area (Å²) in [6.07, 6.45) is 1.44. The van der Waals surface area contributed by atoms with Gasteiger partial charge in [0.15, 0.2) is 0 Å². The van der Waals surface area contributed by atoms with Gasteiger partial charge in [-0.05, 0) is 30.5 Å². The fourth-order valence-electron chi connectivity index (χ4n) is 2.49. The molecule has 132 valence electrons. The summed E-state index contributed by atoms with van der Waals surface area (Å²) >= 11 is 1.29. The summed E-state index contributed by atoms with van der Waals surface area (Å²) < 4.78 is 5.35. The first kappa shape index (κ1) is 17.8. The van der Waals surface area contributed by atoms with Crippen molar-refractivity contribution < 1.29 is 9.53 Å². The van der Waals surface area contributed by atoms with E-state index < -0.39 is 0 Å². The molecule has 0 unspecified atom stereocenters. The molecule has 0 spiro atoms. The molecule has 1 N–H and O–H groups in total. The summed E-state index contributed by atoms with van der Waals surface area (Å²) in [5, 5.41) is 13.2. The van der Waals surface area contributed by atoms with Gasteiger partial charge < -0.3 is 10.1 Å². The molecule has 0 saturated heterocycles. The molecule has 7 heteroatoms. The van der Waals surface area contributed by atoms with E-state index in [-0.39, 0.29) is 11.9 Å². The van der Waals surface area contributed by atoms with Crippen LogP contribution in [0.15, 0.2) is 30.6 Å². The maximum atomic E-state index is 12.4. The van der Waals surface area contributed by atoms with Crippen LogP contribution in [0.25, 0.3) is 10.2 Å². The number of thiophene rings is 1. The van der Waals surface area contributed by atoms with Gasteiger partial charge in [-0.1, -0.05) is 26.0 Å². The van der Waals surface area contributed by atoms with Gasteiger partial charge in [0, 0.05) is 0 Å². The largest absolute Gasteiger partial charge is 0.461 e. The highest BCUT2D eigenvalue weighted by molar-refractivity contribution is 7.20. The first-order valence-corrected chi connectivity index (χ1v) is 9.00. The van der Waals surface area contributed by atoms with Crippen molar-refractivity contribution in [1.82, 2.24) is 9.97 Å². The number of fused-ring (bicyclic) bond motifs is 1. The van der Waals surface area contributed by atoms with Gasteiger partial charge in [0.25, 0.3) is 0 Å². The highest BCUT2D eigenvalue weighted by Crippen LogP contribution is 2.35. The normalized spacial score (nSPS) is 10.7. The zero-order valence-corrected chi connectivity index (χ0v) is 15.6. The standard InChI is InChI=1S/C19H18N4O2S/c1-11(2)9-25-19(24)16-12(3)15-17(21-10-22-18(15)26-16)23-14-7-5-4-6-13(14)8-20/h4-7,10-11H,9H2,1-3H3,(H,21,22,23). The van der Waals surface area contributed by atoms with E-state index in [0.29, 0.717) is 33.4 Å². The van der Waals surface area contributed by atoms with Crippen molar-refractivity contribution in [2.75, 3.05) is 11.9 Å². The van der Waals surface area contributed by atoms with Gasteiger partial charge in [0.1, 0.15) is 27.9 Å². The minimum absolute atomic E-state index is 0.271. The zero-order valence-electron chi connectivity index (χ0n) is 14.7. The van der Waals surface area contributed by atoms with E-state index in [1.807, 2.05) is 32.9 Å². The molecule has 3 aromatic rings. The third-order valence-electron chi connectivity index (χ3n) is 3.76. The molecular weight excluding hydrogens is 348 g/mol. The van der Waals surface area contributed by atoms with Crippen LogP contribution in [-0.2, 0) is 4.74 Å². The number of ether oxygens (including phenoxy) is 1. The van der Waals surface area contributed by atoms with Crippen LogP contribution in [-0.4, -0.2) is 22.5 Å². The molecule has 6 nitrogen and oxygen atoms in total. The second-order valence-corrected chi connectivity index (χ2v) is 7.23. The monoisotopic (exact) mass is 366 g/mol. The third-order valence-corrected chi connectivity index (χ3v) is 4.94. The van der Waals surface area contributed by atoms with Crippen LogP contribution in [0.3, 0.4) is 0 Å². The van der Waals surface area contributed by atoms with Gasteiger partial charge in [0.2, 0.25) is 0 Å². The number of carbonyl (C=O) groups excluding carboxylic acids is 1. The number of hydrogen-bond donors (Lipinski definition) is 1. The Morgan fingerprint density at radius 1 is 1.35 bits per heavy atom. The van der Waals surface area contributed by atoms with Crippen molar-refractivity contribution in [1.29, 1.82) is 5.26 Å². The van der Waals surface area contributed by atoms with E-state index in [0.717, 1.165) is 10.9 Å². The van der Waals surface area contributed by atoms with E-state index in [9.17, 15) is 10.1 Å². The first-order valence-electron chi connectivity index (χ1n) is 8.18. The molecular formula is C19H18N4O2S. The van der Waals surface area contributed by atoms with Crippen LogP contribution in [0.1, 0.15) is 34.6 Å². The van der Waals surface area contributed by atoms with Crippen molar-refractivity contribution in [3.8, 4) is 6.07 Å². The van der Waals surface area contributed by atoms with E-state index >= 15 is 0 Å². The Morgan fingerprint density at radius 3 is 2.85 bits per heavy atom. The number of aryl methyl sites for hydroxylation is 1. The number of rotatable bonds is 5. The summed E-state index contributed by atoms with van der Waals surface area (Å²) in [4.78, 5) is 22.2. The molecule has 2 heterocycles. The van der Waals surface area contributed by atoms with Crippen LogP contribution >= 0.6 is 11.3 Å². The lowest BCUT2D eigenvalue weighted by Gasteiger charge is -2.09. The molecule has 0 aliphatic carbocycles. The molecule has 0 radical (unpaired) electrons. The van der Waals surface area contributed by atoms with Gasteiger partial charge in [0.05, 0.1) is 23.2 Å². The Labute approximate surface area is 155 Å². The molecule has 0 amide bonds. The lowest BCUT2D eigenvalue weighted by molar-refractivity contribution is 0.0464. The predicted molar refractivity (Wildman–Crippen MR) is 102 cm³/mol. The van der Waals surface area contributed by atoms with Gasteiger partial charge in [-0.25, -0.2) is 14.8 Å². The maximum Gasteiger partial charge on any atom is 0.348 e. The van der Waals surface area contributed by atoms with Gasteiger partial charge >= 0.3 is 5.97 Å². The molecule has 0 saturated carbocycles. The molecule has 1 aromatic carbocycles. The summed E-state index contributed by atoms with van der Waals surface area (Å²) in [5.74, 6) is 0.491. The number of esters is 1. The van der Waals surface area contributed by atoms with Gasteiger partial charge in [-0.2, -0.15) is 5.26 Å². The van der Waals surface area contributed by atoms with E-state index in [4.69, 9.17) is 4.74 Å². The van der Waals surface area contributed by atoms with Crippen LogP contribution in [0.2, 0.25) is 0 Å². The Balaban J connectivity index is 2.00. The molecule has 0 bridgehead atoms. The fourth-order valence-corrected chi connectivity index (χ4v) is 3.53. The van der Waals surface area contributed by atoms with Crippen molar-refractivity contribution in [2.45, 2.75) is 20.8 Å². The Morgan fingerprint density at radius 2 is 2.12 bits per heavy atom. The van der Waals surface area contributed by atoms with Crippen LogP contribution in [0, 0.1) is 24.2 Å². The maximum absolute atomic E-state index is 12.4. The number of para-hydroxylation sites is 1. The van der Waals surface area contributed by atoms with Crippen molar-refractivity contribution in [3.05, 3.63) is 46.6 Å². The topological polar surface area (TPSA) is 87.9 Å². The average Bonchev–Trinajstić information content (AvgIpc) is 2.98. The molecule has 3 rings (SSSR count). The molecule has 26 heavy (non-hydrogen) atoms. The van der Waals surface area contributed by atoms with Crippen molar-refractivity contribution >= 4 is 39.0 Å². The minimum atomic E-state index is -0.345. The Hall–Kier alpha value is -2.98. The second kappa shape index (κ2) is 7.50. The number of anilines is 2. The number of nitrogens with one attached hydrogen (secondary N) is 1. The first-order chi connectivity index (χ1) is 12.5. The quantitative estimate of drug-likeness (QED) is 0.672. The Bertz CT molecular complexity index is 1000. The predicted octanol–water partition coefficient (Wildman–Crippen LogP) is 4.43. The molecule has 2 aromatic heterocycles. The molecule has 0 atom stereocenters. The number of carbonyl (C=O) groups is 1. The lowest BCUT2D eigenvalue weighted by Crippen LogP contribution is -2.09. The van der Waals surface area contributed by atoms with Crippen LogP contribution < -0.4 is 5.32 Å². The lowest BCUT2D eigenvalue weighted by atomic mass is 10.1. The number of nitriles is 1. The summed E-state index contributed by atoms with van der Waals surface area (Å²) in [7, 11) is 0. The second-order valence-electron chi connectivity index (χ2n) is 6.23. The number of aromatic nitrogens is 2. The van der Waals surface area contributed by atoms with Gasteiger partial charge in [-0.15, -0.1) is 11.3 Å². The molecule has 0 fully saturated rings. The van der Waals surface area contributed by atoms with Gasteiger partial charge in [-0.3, -0.25) is 0 Å². The molecule has 0 aliphatic rings. The highest BCUT2D eigenvalue weighted by atomic mass is 32.1. The zero-order chi connectivity index (χ0) is 18.7. The minimum Gasteiger partial charge on any atom is -0.461 e. The Kier molecular flexibility index (Phi) is 5.14. The average molecular weight is 366 g/mol. The van der Waals surface area contributed by atoms with E-state index in [2.05, 4.69) is 21.4 Å².